The summed E-state index contributed by atoms with van der Waals surface area (Å²) in [5.74, 6) is 1.19. The van der Waals surface area contributed by atoms with Crippen LogP contribution in [-0.4, -0.2) is 38.0 Å². The van der Waals surface area contributed by atoms with E-state index >= 15 is 0 Å². The number of nitro groups is 1. The molecule has 0 radical (unpaired) electrons. The fraction of sp³-hybridized carbons (Fsp3) is 0.435. The molecule has 0 bridgehead atoms. The Morgan fingerprint density at radius 1 is 1.13 bits per heavy atom. The number of carbonyl (C=O) groups is 1. The van der Waals surface area contributed by atoms with Crippen LogP contribution in [0.4, 0.5) is 10.1 Å². The zero-order valence-corrected chi connectivity index (χ0v) is 18.7. The van der Waals surface area contributed by atoms with E-state index in [1.54, 1.807) is 24.3 Å². The lowest BCUT2D eigenvalue weighted by Gasteiger charge is -2.02. The highest BCUT2D eigenvalue weighted by molar-refractivity contribution is 5.50. The van der Waals surface area contributed by atoms with Gasteiger partial charge in [-0.15, -0.1) is 0 Å². The SMILES string of the molecule is CCCOc1ccc([N+](=O)[O-])cc1.CNCC(C)C.O=CCOCc1ccc(F)cc1. The van der Waals surface area contributed by atoms with E-state index in [1.165, 1.54) is 24.3 Å². The predicted octanol–water partition coefficient (Wildman–Crippen LogP) is 4.79. The Bertz CT molecular complexity index is 722. The molecule has 0 aliphatic carbocycles. The van der Waals surface area contributed by atoms with Crippen LogP contribution >= 0.6 is 0 Å². The Hall–Kier alpha value is -2.84. The fourth-order valence-electron chi connectivity index (χ4n) is 2.10. The summed E-state index contributed by atoms with van der Waals surface area (Å²) in [6.07, 6.45) is 1.61. The first-order valence-corrected chi connectivity index (χ1v) is 10.1. The lowest BCUT2D eigenvalue weighted by molar-refractivity contribution is -0.384. The standard InChI is InChI=1S/C9H9FO2.C9H11NO3.C5H13N/c10-9-3-1-8(2-4-9)7-12-6-5-11;1-2-7-13-9-5-3-8(4-6-9)10(11)12;1-5(2)4-6-3/h1-5H,6-7H2;3-6H,2,7H2,1H3;5-6H,4H2,1-3H3. The van der Waals surface area contributed by atoms with Crippen molar-refractivity contribution in [2.45, 2.75) is 33.8 Å². The monoisotopic (exact) mass is 436 g/mol. The van der Waals surface area contributed by atoms with Crippen molar-refractivity contribution in [3.05, 3.63) is 70.0 Å². The third-order valence-corrected chi connectivity index (χ3v) is 3.50. The van der Waals surface area contributed by atoms with Crippen molar-refractivity contribution in [1.29, 1.82) is 0 Å². The van der Waals surface area contributed by atoms with Crippen molar-refractivity contribution in [2.75, 3.05) is 26.8 Å². The molecule has 172 valence electrons. The zero-order valence-electron chi connectivity index (χ0n) is 18.7. The van der Waals surface area contributed by atoms with E-state index in [2.05, 4.69) is 19.2 Å². The molecule has 2 rings (SSSR count). The fourth-order valence-corrected chi connectivity index (χ4v) is 2.10. The van der Waals surface area contributed by atoms with Gasteiger partial charge in [0.05, 0.1) is 18.1 Å². The molecular formula is C23H33FN2O5. The number of ether oxygens (including phenoxy) is 2. The van der Waals surface area contributed by atoms with Gasteiger partial charge in [-0.3, -0.25) is 10.1 Å². The molecule has 0 saturated carbocycles. The number of aldehydes is 1. The summed E-state index contributed by atoms with van der Waals surface area (Å²) in [4.78, 5) is 19.7. The number of rotatable bonds is 10. The minimum atomic E-state index is -0.427. The van der Waals surface area contributed by atoms with Gasteiger partial charge in [-0.1, -0.05) is 32.9 Å². The van der Waals surface area contributed by atoms with Gasteiger partial charge in [0.1, 0.15) is 24.5 Å². The van der Waals surface area contributed by atoms with E-state index in [1.807, 2.05) is 14.0 Å². The molecule has 7 nitrogen and oxygen atoms in total. The van der Waals surface area contributed by atoms with Gasteiger partial charge in [-0.25, -0.2) is 4.39 Å². The molecule has 0 heterocycles. The van der Waals surface area contributed by atoms with Crippen LogP contribution in [0.2, 0.25) is 0 Å². The van der Waals surface area contributed by atoms with Crippen molar-refractivity contribution >= 4 is 12.0 Å². The minimum Gasteiger partial charge on any atom is -0.494 e. The van der Waals surface area contributed by atoms with Gasteiger partial charge in [0, 0.05) is 12.1 Å². The molecule has 0 aliphatic rings. The van der Waals surface area contributed by atoms with Gasteiger partial charge in [0.15, 0.2) is 0 Å². The van der Waals surface area contributed by atoms with Gasteiger partial charge in [-0.05, 0) is 55.8 Å². The number of hydrogen-bond donors (Lipinski definition) is 1. The van der Waals surface area contributed by atoms with Crippen molar-refractivity contribution in [3.63, 3.8) is 0 Å². The van der Waals surface area contributed by atoms with E-state index in [4.69, 9.17) is 9.47 Å². The van der Waals surface area contributed by atoms with Crippen molar-refractivity contribution in [3.8, 4) is 5.75 Å². The Balaban J connectivity index is 0.000000466. The second-order valence-corrected chi connectivity index (χ2v) is 6.86. The third-order valence-electron chi connectivity index (χ3n) is 3.50. The highest BCUT2D eigenvalue weighted by Crippen LogP contribution is 2.17. The molecule has 2 aromatic rings. The number of halogens is 1. The Morgan fingerprint density at radius 2 is 1.74 bits per heavy atom. The Morgan fingerprint density at radius 3 is 2.16 bits per heavy atom. The highest BCUT2D eigenvalue weighted by atomic mass is 19.1. The van der Waals surface area contributed by atoms with Crippen LogP contribution in [0.25, 0.3) is 0 Å². The molecule has 0 aromatic heterocycles. The first-order chi connectivity index (χ1) is 14.8. The molecule has 0 aliphatic heterocycles. The number of carbonyl (C=O) groups excluding carboxylic acids is 1. The topological polar surface area (TPSA) is 90.7 Å². The zero-order chi connectivity index (χ0) is 23.5. The van der Waals surface area contributed by atoms with Crippen LogP contribution < -0.4 is 10.1 Å². The average molecular weight is 437 g/mol. The summed E-state index contributed by atoms with van der Waals surface area (Å²) >= 11 is 0. The maximum Gasteiger partial charge on any atom is 0.269 e. The van der Waals surface area contributed by atoms with Crippen LogP contribution in [0.15, 0.2) is 48.5 Å². The molecule has 31 heavy (non-hydrogen) atoms. The van der Waals surface area contributed by atoms with Crippen molar-refractivity contribution < 1.29 is 23.6 Å². The first kappa shape index (κ1) is 28.2. The van der Waals surface area contributed by atoms with Crippen LogP contribution in [0.1, 0.15) is 32.8 Å². The number of nitrogens with one attached hydrogen (secondary N) is 1. The lowest BCUT2D eigenvalue weighted by Crippen LogP contribution is -2.12. The summed E-state index contributed by atoms with van der Waals surface area (Å²) in [5.41, 5.74) is 0.946. The van der Waals surface area contributed by atoms with E-state index in [9.17, 15) is 19.3 Å². The van der Waals surface area contributed by atoms with Crippen molar-refractivity contribution in [2.24, 2.45) is 5.92 Å². The van der Waals surface area contributed by atoms with Gasteiger partial charge in [0.25, 0.3) is 5.69 Å². The van der Waals surface area contributed by atoms with Gasteiger partial charge in [-0.2, -0.15) is 0 Å². The number of hydrogen-bond acceptors (Lipinski definition) is 6. The highest BCUT2D eigenvalue weighted by Gasteiger charge is 2.03. The van der Waals surface area contributed by atoms with Crippen LogP contribution in [-0.2, 0) is 16.1 Å². The van der Waals surface area contributed by atoms with Crippen LogP contribution in [0, 0.1) is 21.8 Å². The van der Waals surface area contributed by atoms with Crippen LogP contribution in [0.3, 0.4) is 0 Å². The molecule has 0 unspecified atom stereocenters. The molecule has 0 spiro atoms. The third kappa shape index (κ3) is 15.6. The first-order valence-electron chi connectivity index (χ1n) is 10.1. The lowest BCUT2D eigenvalue weighted by atomic mass is 10.2. The Labute approximate surface area is 183 Å². The van der Waals surface area contributed by atoms with E-state index in [-0.39, 0.29) is 18.1 Å². The number of non-ortho nitro benzene ring substituents is 1. The summed E-state index contributed by atoms with van der Waals surface area (Å²) in [5, 5.41) is 13.4. The minimum absolute atomic E-state index is 0.0807. The van der Waals surface area contributed by atoms with Gasteiger partial charge < -0.3 is 19.6 Å². The predicted molar refractivity (Wildman–Crippen MR) is 120 cm³/mol. The van der Waals surface area contributed by atoms with E-state index in [0.29, 0.717) is 25.2 Å². The number of nitrogens with zero attached hydrogens (tertiary/aromatic N) is 1. The number of benzene rings is 2. The molecule has 1 N–H and O–H groups in total. The smallest absolute Gasteiger partial charge is 0.269 e. The van der Waals surface area contributed by atoms with Crippen LogP contribution in [0.5, 0.6) is 5.75 Å². The van der Waals surface area contributed by atoms with E-state index < -0.39 is 4.92 Å². The van der Waals surface area contributed by atoms with Crippen molar-refractivity contribution in [1.82, 2.24) is 5.32 Å². The number of nitro benzene ring substituents is 1. The summed E-state index contributed by atoms with van der Waals surface area (Å²) in [6, 6.07) is 12.1. The second kappa shape index (κ2) is 18.0. The van der Waals surface area contributed by atoms with E-state index in [0.717, 1.165) is 24.4 Å². The summed E-state index contributed by atoms with van der Waals surface area (Å²) in [6.45, 7) is 8.58. The Kier molecular flexibility index (Phi) is 16.3. The maximum atomic E-state index is 12.4. The molecule has 0 fully saturated rings. The molecular weight excluding hydrogens is 403 g/mol. The van der Waals surface area contributed by atoms with Gasteiger partial charge >= 0.3 is 0 Å². The largest absolute Gasteiger partial charge is 0.494 e. The second-order valence-electron chi connectivity index (χ2n) is 6.86. The normalized spacial score (nSPS) is 9.74. The van der Waals surface area contributed by atoms with Gasteiger partial charge in [0.2, 0.25) is 0 Å². The quantitative estimate of drug-likeness (QED) is 0.249. The molecule has 0 amide bonds. The molecule has 8 heteroatoms. The molecule has 0 atom stereocenters. The molecule has 0 saturated heterocycles. The average Bonchev–Trinajstić information content (AvgIpc) is 2.75. The molecule has 2 aromatic carbocycles. The summed E-state index contributed by atoms with van der Waals surface area (Å²) < 4.78 is 22.6. The maximum absolute atomic E-state index is 12.4. The summed E-state index contributed by atoms with van der Waals surface area (Å²) in [7, 11) is 1.97.